The topological polar surface area (TPSA) is 174 Å². The fraction of sp³-hybridized carbons (Fsp3) is 0.238. The van der Waals surface area contributed by atoms with E-state index in [0.717, 1.165) is 51.6 Å². The lowest BCUT2D eigenvalue weighted by Gasteiger charge is -2.49. The zero-order valence-electron chi connectivity index (χ0n) is 19.4. The van der Waals surface area contributed by atoms with Crippen LogP contribution in [0.3, 0.4) is 0 Å². The lowest BCUT2D eigenvalue weighted by atomic mass is 10.0. The Morgan fingerprint density at radius 3 is 2.58 bits per heavy atom. The third-order valence-electron chi connectivity index (χ3n) is 5.27. The number of nitrogens with one attached hydrogen (secondary N) is 1. The maximum atomic E-state index is 13.4. The first-order valence-electron chi connectivity index (χ1n) is 10.6. The Kier molecular flexibility index (Phi) is 7.96. The van der Waals surface area contributed by atoms with Gasteiger partial charge >= 0.3 is 18.1 Å². The minimum absolute atomic E-state index is 0.0150. The maximum Gasteiger partial charge on any atom is 0.493 e. The number of carboxylic acids is 1. The fourth-order valence-electron chi connectivity index (χ4n) is 3.48. The monoisotopic (exact) mass is 607 g/mol. The first-order valence-corrected chi connectivity index (χ1v) is 12.6. The molecule has 2 aromatic rings. The Bertz CT molecular complexity index is 1460. The summed E-state index contributed by atoms with van der Waals surface area (Å²) >= 11 is 1.81. The van der Waals surface area contributed by atoms with Gasteiger partial charge in [0.1, 0.15) is 35.2 Å². The molecule has 4 N–H and O–H groups in total. The molecule has 2 aliphatic rings. The highest BCUT2D eigenvalue weighted by Gasteiger charge is 2.54. The number of fused-ring (bicyclic) bond motifs is 1. The smallest absolute Gasteiger partial charge is 0.489 e. The summed E-state index contributed by atoms with van der Waals surface area (Å²) in [5.74, 6) is -8.78. The molecule has 0 radical (unpaired) electrons. The van der Waals surface area contributed by atoms with E-state index in [-0.39, 0.29) is 34.5 Å². The van der Waals surface area contributed by atoms with Crippen molar-refractivity contribution in [3.8, 4) is 5.75 Å². The fourth-order valence-corrected chi connectivity index (χ4v) is 5.36. The summed E-state index contributed by atoms with van der Waals surface area (Å²) in [6.07, 6.45) is -5.42. The van der Waals surface area contributed by atoms with Gasteiger partial charge in [0, 0.05) is 22.8 Å². The van der Waals surface area contributed by atoms with Crippen molar-refractivity contribution in [2.45, 2.75) is 17.6 Å². The third-order valence-corrected chi connectivity index (χ3v) is 7.29. The molecule has 1 aromatic heterocycles. The van der Waals surface area contributed by atoms with E-state index in [0.29, 0.717) is 0 Å². The number of carboxylic acid groups (broad SMARTS) is 1. The van der Waals surface area contributed by atoms with Crippen LogP contribution in [-0.4, -0.2) is 74.4 Å². The summed E-state index contributed by atoms with van der Waals surface area (Å²) in [4.78, 5) is 57.1. The number of β-lactam (4-membered cyclic amide) rings is 1. The van der Waals surface area contributed by atoms with Crippen LogP contribution in [0.25, 0.3) is 0 Å². The number of ether oxygens (including phenoxy) is 1. The molecule has 3 heterocycles. The number of anilines is 1. The Morgan fingerprint density at radius 2 is 1.98 bits per heavy atom. The SMILES string of the molecule is Nc1nc(C(=NOC(=O)C(F)(F)F)C(=O)NC2C(=O)N3C(C(=O)O)=C(COc4ccc(F)c(F)c4)CS[C@@H]23)cs1. The number of nitrogen functional groups attached to an aromatic ring is 1. The summed E-state index contributed by atoms with van der Waals surface area (Å²) in [5, 5.41) is 15.0. The number of hydrogen-bond acceptors (Lipinski definition) is 11. The van der Waals surface area contributed by atoms with Gasteiger partial charge in [0.25, 0.3) is 11.8 Å². The van der Waals surface area contributed by atoms with Crippen molar-refractivity contribution in [2.24, 2.45) is 5.16 Å². The van der Waals surface area contributed by atoms with E-state index in [1.54, 1.807) is 0 Å². The lowest BCUT2D eigenvalue weighted by molar-refractivity contribution is -0.199. The van der Waals surface area contributed by atoms with Gasteiger partial charge in [0.2, 0.25) is 0 Å². The number of thiazole rings is 1. The molecule has 1 saturated heterocycles. The molecule has 0 saturated carbocycles. The number of amides is 2. The van der Waals surface area contributed by atoms with Crippen LogP contribution in [0.1, 0.15) is 5.69 Å². The van der Waals surface area contributed by atoms with Crippen molar-refractivity contribution in [2.75, 3.05) is 18.1 Å². The van der Waals surface area contributed by atoms with Gasteiger partial charge in [-0.2, -0.15) is 13.2 Å². The molecule has 0 bridgehead atoms. The highest BCUT2D eigenvalue weighted by Crippen LogP contribution is 2.40. The Balaban J connectivity index is 1.51. The zero-order valence-corrected chi connectivity index (χ0v) is 21.0. The predicted octanol–water partition coefficient (Wildman–Crippen LogP) is 1.63. The number of alkyl halides is 3. The molecule has 1 unspecified atom stereocenters. The van der Waals surface area contributed by atoms with E-state index in [4.69, 9.17) is 10.5 Å². The number of halogens is 5. The summed E-state index contributed by atoms with van der Waals surface area (Å²) < 4.78 is 69.4. The van der Waals surface area contributed by atoms with Gasteiger partial charge < -0.3 is 25.7 Å². The molecule has 2 atom stereocenters. The van der Waals surface area contributed by atoms with E-state index in [1.807, 2.05) is 0 Å². The second-order valence-corrected chi connectivity index (χ2v) is 9.86. The average molecular weight is 607 g/mol. The van der Waals surface area contributed by atoms with Crippen LogP contribution in [0.5, 0.6) is 5.75 Å². The normalized spacial score (nSPS) is 19.1. The second-order valence-electron chi connectivity index (χ2n) is 7.87. The van der Waals surface area contributed by atoms with Crippen molar-refractivity contribution in [3.63, 3.8) is 0 Å². The second kappa shape index (κ2) is 11.1. The average Bonchev–Trinajstić information content (AvgIpc) is 3.32. The van der Waals surface area contributed by atoms with Gasteiger partial charge in [-0.15, -0.1) is 23.1 Å². The summed E-state index contributed by atoms with van der Waals surface area (Å²) in [7, 11) is 0. The van der Waals surface area contributed by atoms with Crippen LogP contribution in [0, 0.1) is 11.6 Å². The molecular weight excluding hydrogens is 593 g/mol. The number of carbonyl (C=O) groups is 4. The summed E-state index contributed by atoms with van der Waals surface area (Å²) in [5.41, 5.74) is 3.90. The Hall–Kier alpha value is -4.26. The molecule has 2 aliphatic heterocycles. The number of aliphatic carboxylic acids is 1. The molecule has 0 aliphatic carbocycles. The largest absolute Gasteiger partial charge is 0.493 e. The first kappa shape index (κ1) is 28.7. The van der Waals surface area contributed by atoms with Gasteiger partial charge in [-0.05, 0) is 12.1 Å². The van der Waals surface area contributed by atoms with Gasteiger partial charge in [0.15, 0.2) is 22.5 Å². The number of aromatic nitrogens is 1. The summed E-state index contributed by atoms with van der Waals surface area (Å²) in [6.45, 7) is -0.389. The molecule has 1 aromatic carbocycles. The molecule has 19 heteroatoms. The van der Waals surface area contributed by atoms with Crippen molar-refractivity contribution >= 4 is 57.7 Å². The van der Waals surface area contributed by atoms with Crippen LogP contribution >= 0.6 is 23.1 Å². The predicted molar refractivity (Wildman–Crippen MR) is 127 cm³/mol. The summed E-state index contributed by atoms with van der Waals surface area (Å²) in [6, 6.07) is 1.35. The van der Waals surface area contributed by atoms with E-state index in [1.165, 1.54) is 0 Å². The van der Waals surface area contributed by atoms with Crippen molar-refractivity contribution < 1.29 is 55.8 Å². The van der Waals surface area contributed by atoms with Crippen LogP contribution in [0.4, 0.5) is 27.1 Å². The van der Waals surface area contributed by atoms with Crippen LogP contribution in [-0.2, 0) is 24.0 Å². The first-order chi connectivity index (χ1) is 18.8. The van der Waals surface area contributed by atoms with Crippen molar-refractivity contribution in [1.82, 2.24) is 15.2 Å². The number of rotatable bonds is 8. The van der Waals surface area contributed by atoms with Crippen LogP contribution in [0.15, 0.2) is 40.0 Å². The number of thioether (sulfide) groups is 1. The van der Waals surface area contributed by atoms with Crippen molar-refractivity contribution in [1.29, 1.82) is 0 Å². The van der Waals surface area contributed by atoms with Gasteiger partial charge in [-0.25, -0.2) is 23.4 Å². The van der Waals surface area contributed by atoms with Gasteiger partial charge in [-0.1, -0.05) is 5.16 Å². The maximum absolute atomic E-state index is 13.4. The molecule has 2 amide bonds. The Labute approximate surface area is 227 Å². The highest BCUT2D eigenvalue weighted by atomic mass is 32.2. The minimum atomic E-state index is -5.42. The van der Waals surface area contributed by atoms with Gasteiger partial charge in [-0.3, -0.25) is 14.5 Å². The standard InChI is InChI=1S/C21H14F5N5O7S2/c22-9-2-1-8(3-10(9)23)37-4-7-5-39-17-13(16(33)31(17)14(7)18(34)35)29-15(32)12(11-6-40-20(27)28-11)30-38-19(36)21(24,25)26/h1-3,6,13,17H,4-5H2,(H2,27,28)(H,29,32)(H,34,35)/t13?,17-/m0/s1. The third kappa shape index (κ3) is 5.83. The van der Waals surface area contributed by atoms with Gasteiger partial charge in [0.05, 0.1) is 0 Å². The number of nitrogens with zero attached hydrogens (tertiary/aromatic N) is 3. The molecule has 4 rings (SSSR count). The number of nitrogens with two attached hydrogens (primary N) is 1. The van der Waals surface area contributed by atoms with Crippen LogP contribution in [0.2, 0.25) is 0 Å². The lowest BCUT2D eigenvalue weighted by Crippen LogP contribution is -2.71. The minimum Gasteiger partial charge on any atom is -0.489 e. The highest BCUT2D eigenvalue weighted by molar-refractivity contribution is 8.00. The van der Waals surface area contributed by atoms with E-state index in [9.17, 15) is 46.2 Å². The van der Waals surface area contributed by atoms with Crippen molar-refractivity contribution in [3.05, 3.63) is 52.2 Å². The Morgan fingerprint density at radius 1 is 1.25 bits per heavy atom. The zero-order chi connectivity index (χ0) is 29.4. The van der Waals surface area contributed by atoms with E-state index < -0.39 is 64.4 Å². The molecular formula is C21H14F5N5O7S2. The molecule has 1 fully saturated rings. The number of oxime groups is 1. The van der Waals surface area contributed by atoms with E-state index in [2.05, 4.69) is 20.3 Å². The number of hydrogen-bond donors (Lipinski definition) is 3. The quantitative estimate of drug-likeness (QED) is 0.132. The number of carbonyl (C=O) groups excluding carboxylic acids is 3. The van der Waals surface area contributed by atoms with E-state index >= 15 is 0 Å². The molecule has 212 valence electrons. The molecule has 40 heavy (non-hydrogen) atoms. The van der Waals surface area contributed by atoms with Crippen LogP contribution < -0.4 is 15.8 Å². The molecule has 0 spiro atoms. The number of benzene rings is 1. The molecule has 12 nitrogen and oxygen atoms in total.